The van der Waals surface area contributed by atoms with Crippen molar-refractivity contribution in [3.05, 3.63) is 18.6 Å². The van der Waals surface area contributed by atoms with Crippen LogP contribution in [0.15, 0.2) is 18.6 Å². The largest absolute Gasteiger partial charge is 0.465 e. The van der Waals surface area contributed by atoms with Crippen LogP contribution in [0.5, 0.6) is 0 Å². The standard InChI is InChI=1S/C17H25N5O5S/c1-2-26-17(25)10(18)4-6-28-7-11-12(23)13(24)16(27-11)22-5-3-9-14(19)20-8-21-15(9)22/h3,5,8,10-13,16,23-24H,2,4,6-7,18H2,1H3,(H2,19,20,21)/t10?,11-,12-,13-,16?/m1/s1. The van der Waals surface area contributed by atoms with E-state index in [0.29, 0.717) is 41.4 Å². The van der Waals surface area contributed by atoms with E-state index in [-0.39, 0.29) is 0 Å². The zero-order chi connectivity index (χ0) is 20.3. The van der Waals surface area contributed by atoms with Crippen LogP contribution in [-0.4, -0.2) is 73.2 Å². The molecule has 3 heterocycles. The third-order valence-electron chi connectivity index (χ3n) is 4.60. The maximum Gasteiger partial charge on any atom is 0.322 e. The minimum atomic E-state index is -1.11. The second kappa shape index (κ2) is 9.05. The van der Waals surface area contributed by atoms with Crippen LogP contribution in [0.2, 0.25) is 0 Å². The fourth-order valence-corrected chi connectivity index (χ4v) is 4.16. The van der Waals surface area contributed by atoms with Crippen LogP contribution < -0.4 is 11.5 Å². The molecule has 2 aromatic heterocycles. The van der Waals surface area contributed by atoms with Crippen LogP contribution in [-0.2, 0) is 14.3 Å². The van der Waals surface area contributed by atoms with E-state index in [1.165, 1.54) is 18.1 Å². The number of carbonyl (C=O) groups is 1. The molecule has 5 atom stereocenters. The molecule has 1 aliphatic rings. The fraction of sp³-hybridized carbons (Fsp3) is 0.588. The number of aliphatic hydroxyl groups excluding tert-OH is 2. The Morgan fingerprint density at radius 1 is 1.43 bits per heavy atom. The third kappa shape index (κ3) is 4.23. The molecule has 1 aliphatic heterocycles. The molecular formula is C17H25N5O5S. The topological polar surface area (TPSA) is 159 Å². The van der Waals surface area contributed by atoms with Gasteiger partial charge in [0, 0.05) is 11.9 Å². The number of carbonyl (C=O) groups excluding carboxylic acids is 1. The molecule has 0 saturated carbocycles. The van der Waals surface area contributed by atoms with E-state index in [1.807, 2.05) is 0 Å². The van der Waals surface area contributed by atoms with Gasteiger partial charge in [0.05, 0.1) is 18.1 Å². The van der Waals surface area contributed by atoms with Gasteiger partial charge in [-0.2, -0.15) is 11.8 Å². The molecule has 1 fully saturated rings. The average molecular weight is 411 g/mol. The van der Waals surface area contributed by atoms with E-state index in [4.69, 9.17) is 20.9 Å². The molecule has 2 aromatic rings. The van der Waals surface area contributed by atoms with Gasteiger partial charge in [0.15, 0.2) is 6.23 Å². The lowest BCUT2D eigenvalue weighted by molar-refractivity contribution is -0.144. The summed E-state index contributed by atoms with van der Waals surface area (Å²) in [5.74, 6) is 0.961. The zero-order valence-corrected chi connectivity index (χ0v) is 16.3. The molecule has 10 nitrogen and oxygen atoms in total. The van der Waals surface area contributed by atoms with Crippen molar-refractivity contribution in [1.29, 1.82) is 0 Å². The quantitative estimate of drug-likeness (QED) is 0.334. The lowest BCUT2D eigenvalue weighted by atomic mass is 10.1. The highest BCUT2D eigenvalue weighted by Crippen LogP contribution is 2.34. The highest BCUT2D eigenvalue weighted by Gasteiger charge is 2.43. The number of esters is 1. The predicted molar refractivity (Wildman–Crippen MR) is 104 cm³/mol. The van der Waals surface area contributed by atoms with Gasteiger partial charge in [0.1, 0.15) is 36.0 Å². The van der Waals surface area contributed by atoms with E-state index < -0.39 is 36.6 Å². The Labute approximate surface area is 166 Å². The number of hydrogen-bond acceptors (Lipinski definition) is 10. The number of aromatic nitrogens is 3. The van der Waals surface area contributed by atoms with E-state index >= 15 is 0 Å². The summed E-state index contributed by atoms with van der Waals surface area (Å²) >= 11 is 1.49. The van der Waals surface area contributed by atoms with Gasteiger partial charge in [-0.25, -0.2) is 9.97 Å². The number of nitrogen functional groups attached to an aromatic ring is 1. The minimum absolute atomic E-state index is 0.297. The Morgan fingerprint density at radius 3 is 2.96 bits per heavy atom. The molecule has 154 valence electrons. The average Bonchev–Trinajstić information content (AvgIpc) is 3.22. The third-order valence-corrected chi connectivity index (χ3v) is 5.68. The van der Waals surface area contributed by atoms with Gasteiger partial charge >= 0.3 is 5.97 Å². The number of nitrogens with two attached hydrogens (primary N) is 2. The summed E-state index contributed by atoms with van der Waals surface area (Å²) in [6.07, 6.45) is -0.0193. The summed E-state index contributed by atoms with van der Waals surface area (Å²) < 4.78 is 12.4. The van der Waals surface area contributed by atoms with Crippen molar-refractivity contribution in [3.8, 4) is 0 Å². The van der Waals surface area contributed by atoms with Crippen molar-refractivity contribution in [2.45, 2.75) is 43.9 Å². The van der Waals surface area contributed by atoms with E-state index in [1.54, 1.807) is 23.8 Å². The van der Waals surface area contributed by atoms with Crippen LogP contribution in [0.4, 0.5) is 5.82 Å². The van der Waals surface area contributed by atoms with Crippen LogP contribution in [0, 0.1) is 0 Å². The smallest absolute Gasteiger partial charge is 0.322 e. The van der Waals surface area contributed by atoms with Crippen LogP contribution in [0.25, 0.3) is 11.0 Å². The first-order chi connectivity index (χ1) is 13.4. The maximum atomic E-state index is 11.5. The van der Waals surface area contributed by atoms with Gasteiger partial charge in [-0.1, -0.05) is 0 Å². The number of fused-ring (bicyclic) bond motifs is 1. The summed E-state index contributed by atoms with van der Waals surface area (Å²) in [5, 5.41) is 21.5. The van der Waals surface area contributed by atoms with Crippen molar-refractivity contribution >= 4 is 34.6 Å². The first-order valence-corrected chi connectivity index (χ1v) is 10.2. The number of nitrogens with zero attached hydrogens (tertiary/aromatic N) is 3. The molecule has 11 heteroatoms. The van der Waals surface area contributed by atoms with E-state index in [0.717, 1.165) is 0 Å². The van der Waals surface area contributed by atoms with Crippen molar-refractivity contribution in [1.82, 2.24) is 14.5 Å². The molecule has 0 radical (unpaired) electrons. The Bertz CT molecular complexity index is 818. The molecule has 0 aromatic carbocycles. The molecule has 0 bridgehead atoms. The number of thioether (sulfide) groups is 1. The first kappa shape index (κ1) is 20.8. The lowest BCUT2D eigenvalue weighted by Gasteiger charge is -2.17. The number of ether oxygens (including phenoxy) is 2. The fourth-order valence-electron chi connectivity index (χ4n) is 3.07. The van der Waals surface area contributed by atoms with E-state index in [2.05, 4.69) is 9.97 Å². The molecule has 0 aliphatic carbocycles. The molecule has 3 rings (SSSR count). The Balaban J connectivity index is 1.57. The van der Waals surface area contributed by atoms with Crippen molar-refractivity contribution in [2.75, 3.05) is 23.8 Å². The van der Waals surface area contributed by atoms with Crippen molar-refractivity contribution in [2.24, 2.45) is 5.73 Å². The van der Waals surface area contributed by atoms with Gasteiger partial charge in [0.2, 0.25) is 0 Å². The molecule has 2 unspecified atom stereocenters. The second-order valence-electron chi connectivity index (χ2n) is 6.49. The van der Waals surface area contributed by atoms with Gasteiger partial charge in [-0.05, 0) is 25.2 Å². The SMILES string of the molecule is CCOC(=O)C(N)CCSC[C@H]1OC(n2ccc3c(N)ncnc32)[C@H](O)[C@@H]1O. The number of rotatable bonds is 8. The van der Waals surface area contributed by atoms with Crippen molar-refractivity contribution in [3.63, 3.8) is 0 Å². The molecule has 0 amide bonds. The van der Waals surface area contributed by atoms with Crippen LogP contribution in [0.1, 0.15) is 19.6 Å². The molecule has 0 spiro atoms. The highest BCUT2D eigenvalue weighted by atomic mass is 32.2. The van der Waals surface area contributed by atoms with Crippen LogP contribution in [0.3, 0.4) is 0 Å². The summed E-state index contributed by atoms with van der Waals surface area (Å²) in [6.45, 7) is 2.03. The highest BCUT2D eigenvalue weighted by molar-refractivity contribution is 7.99. The van der Waals surface area contributed by atoms with Crippen LogP contribution >= 0.6 is 11.8 Å². The maximum absolute atomic E-state index is 11.5. The summed E-state index contributed by atoms with van der Waals surface area (Å²) in [7, 11) is 0. The van der Waals surface area contributed by atoms with Gasteiger partial charge in [0.25, 0.3) is 0 Å². The number of anilines is 1. The first-order valence-electron chi connectivity index (χ1n) is 9.02. The van der Waals surface area contributed by atoms with Gasteiger partial charge in [-0.3, -0.25) is 4.79 Å². The van der Waals surface area contributed by atoms with Gasteiger partial charge in [-0.15, -0.1) is 0 Å². The zero-order valence-electron chi connectivity index (χ0n) is 15.5. The van der Waals surface area contributed by atoms with Gasteiger partial charge < -0.3 is 35.7 Å². The number of aliphatic hydroxyl groups is 2. The number of hydrogen-bond donors (Lipinski definition) is 4. The Morgan fingerprint density at radius 2 is 2.21 bits per heavy atom. The predicted octanol–water partition coefficient (Wildman–Crippen LogP) is -0.354. The summed E-state index contributed by atoms with van der Waals surface area (Å²) in [6, 6.07) is 1.07. The lowest BCUT2D eigenvalue weighted by Crippen LogP contribution is -2.34. The Kier molecular flexibility index (Phi) is 6.73. The molecule has 1 saturated heterocycles. The second-order valence-corrected chi connectivity index (χ2v) is 7.64. The van der Waals surface area contributed by atoms with Crippen molar-refractivity contribution < 1.29 is 24.5 Å². The summed E-state index contributed by atoms with van der Waals surface area (Å²) in [5.41, 5.74) is 12.1. The molecular weight excluding hydrogens is 386 g/mol. The monoisotopic (exact) mass is 411 g/mol. The summed E-state index contributed by atoms with van der Waals surface area (Å²) in [4.78, 5) is 19.6. The normalized spacial score (nSPS) is 25.9. The van der Waals surface area contributed by atoms with E-state index in [9.17, 15) is 15.0 Å². The Hall–Kier alpha value is -1.92. The molecule has 28 heavy (non-hydrogen) atoms. The minimum Gasteiger partial charge on any atom is -0.465 e. The molecule has 6 N–H and O–H groups in total.